The molecule has 12 heavy (non-hydrogen) atoms. The van der Waals surface area contributed by atoms with Crippen LogP contribution >= 0.6 is 0 Å². The normalized spacial score (nSPS) is 12.8. The lowest BCUT2D eigenvalue weighted by molar-refractivity contribution is 0.0867. The first-order valence-corrected chi connectivity index (χ1v) is 3.23. The number of nitrogens with two attached hydrogens (primary N) is 1. The Morgan fingerprint density at radius 2 is 2.25 bits per heavy atom. The molecule has 0 saturated carbocycles. The number of oxime groups is 2. The summed E-state index contributed by atoms with van der Waals surface area (Å²) in [6.45, 7) is 3.48. The number of rotatable bonds is 3. The van der Waals surface area contributed by atoms with Gasteiger partial charge in [-0.3, -0.25) is 0 Å². The van der Waals surface area contributed by atoms with Crippen LogP contribution in [0, 0.1) is 11.3 Å². The van der Waals surface area contributed by atoms with Crippen molar-refractivity contribution in [1.82, 2.24) is 0 Å². The van der Waals surface area contributed by atoms with E-state index in [1.807, 2.05) is 0 Å². The second-order valence-electron chi connectivity index (χ2n) is 2.19. The van der Waals surface area contributed by atoms with Gasteiger partial charge in [0, 0.05) is 0 Å². The molecule has 0 aromatic carbocycles. The highest BCUT2D eigenvalue weighted by atomic mass is 16.6. The summed E-state index contributed by atoms with van der Waals surface area (Å²) in [4.78, 5) is 4.71. The van der Waals surface area contributed by atoms with E-state index in [2.05, 4.69) is 10.3 Å². The number of hydrogen-bond donors (Lipinski definition) is 2. The lowest BCUT2D eigenvalue weighted by Crippen LogP contribution is -2.23. The Labute approximate surface area is 69.9 Å². The Balaban J connectivity index is 4.37. The molecule has 6 heteroatoms. The molecule has 3 N–H and O–H groups in total. The van der Waals surface area contributed by atoms with Gasteiger partial charge in [0.1, 0.15) is 12.2 Å². The van der Waals surface area contributed by atoms with Crippen LogP contribution in [0.5, 0.6) is 0 Å². The van der Waals surface area contributed by atoms with Crippen LogP contribution < -0.4 is 5.73 Å². The summed E-state index contributed by atoms with van der Waals surface area (Å²) in [5.41, 5.74) is 4.84. The lowest BCUT2D eigenvalue weighted by atomic mass is 10.4. The zero-order valence-corrected chi connectivity index (χ0v) is 6.85. The Kier molecular flexibility index (Phi) is 4.23. The first-order valence-electron chi connectivity index (χ1n) is 3.23. The van der Waals surface area contributed by atoms with Crippen molar-refractivity contribution in [3.8, 4) is 6.07 Å². The first-order chi connectivity index (χ1) is 5.61. The minimum atomic E-state index is -0.363. The molecule has 0 unspecified atom stereocenters. The fourth-order valence-corrected chi connectivity index (χ4v) is 0.330. The summed E-state index contributed by atoms with van der Waals surface area (Å²) < 4.78 is 0. The average molecular weight is 170 g/mol. The zero-order chi connectivity index (χ0) is 9.56. The Bertz CT molecular complexity index is 238. The Morgan fingerprint density at radius 1 is 1.67 bits per heavy atom. The van der Waals surface area contributed by atoms with Gasteiger partial charge in [-0.2, -0.15) is 5.26 Å². The molecule has 0 bridgehead atoms. The monoisotopic (exact) mass is 170 g/mol. The van der Waals surface area contributed by atoms with E-state index in [0.717, 1.165) is 0 Å². The van der Waals surface area contributed by atoms with Crippen molar-refractivity contribution >= 4 is 11.5 Å². The zero-order valence-electron chi connectivity index (χ0n) is 6.85. The van der Waals surface area contributed by atoms with Gasteiger partial charge in [-0.25, -0.2) is 0 Å². The molecular formula is C6H10N4O2. The molecule has 0 aliphatic heterocycles. The molecule has 0 aromatic heterocycles. The molecule has 0 saturated heterocycles. The lowest BCUT2D eigenvalue weighted by Gasteiger charge is -2.01. The average Bonchev–Trinajstić information content (AvgIpc) is 2.04. The standard InChI is InChI=1S/C6H10N4O2/c1-4(2)12-10-5(3-7)6(8)9-11/h4,11H,1-2H3,(H2,8,9). The second-order valence-corrected chi connectivity index (χ2v) is 2.19. The molecule has 0 aromatic rings. The second kappa shape index (κ2) is 4.96. The first kappa shape index (κ1) is 10.2. The largest absolute Gasteiger partial charge is 0.409 e. The van der Waals surface area contributed by atoms with Crippen molar-refractivity contribution < 1.29 is 10.0 Å². The minimum absolute atomic E-state index is 0.153. The number of amidine groups is 1. The third-order valence-electron chi connectivity index (χ3n) is 0.811. The van der Waals surface area contributed by atoms with Crippen LogP contribution in [0.1, 0.15) is 13.8 Å². The molecule has 0 spiro atoms. The predicted octanol–water partition coefficient (Wildman–Crippen LogP) is 0.0374. The molecule has 0 atom stereocenters. The van der Waals surface area contributed by atoms with Gasteiger partial charge in [0.15, 0.2) is 0 Å². The van der Waals surface area contributed by atoms with Gasteiger partial charge in [0.05, 0.1) is 0 Å². The highest BCUT2D eigenvalue weighted by molar-refractivity contribution is 6.46. The maximum absolute atomic E-state index is 8.41. The fraction of sp³-hybridized carbons (Fsp3) is 0.500. The van der Waals surface area contributed by atoms with E-state index in [4.69, 9.17) is 21.0 Å². The topological polar surface area (TPSA) is 104 Å². The van der Waals surface area contributed by atoms with Gasteiger partial charge in [-0.15, -0.1) is 0 Å². The van der Waals surface area contributed by atoms with Crippen molar-refractivity contribution in [3.63, 3.8) is 0 Å². The van der Waals surface area contributed by atoms with Crippen LogP contribution in [0.4, 0.5) is 0 Å². The summed E-state index contributed by atoms with van der Waals surface area (Å²) in [5, 5.41) is 22.5. The summed E-state index contributed by atoms with van der Waals surface area (Å²) >= 11 is 0. The van der Waals surface area contributed by atoms with Crippen molar-refractivity contribution in [3.05, 3.63) is 0 Å². The maximum Gasteiger partial charge on any atom is 0.224 e. The van der Waals surface area contributed by atoms with Crippen LogP contribution in [0.25, 0.3) is 0 Å². The molecule has 0 heterocycles. The molecule has 0 aliphatic carbocycles. The quantitative estimate of drug-likeness (QED) is 0.270. The van der Waals surface area contributed by atoms with Gasteiger partial charge >= 0.3 is 0 Å². The van der Waals surface area contributed by atoms with Crippen molar-refractivity contribution in [1.29, 1.82) is 5.26 Å². The van der Waals surface area contributed by atoms with Gasteiger partial charge < -0.3 is 15.8 Å². The van der Waals surface area contributed by atoms with Gasteiger partial charge in [0.25, 0.3) is 0 Å². The Morgan fingerprint density at radius 3 is 2.58 bits per heavy atom. The van der Waals surface area contributed by atoms with E-state index < -0.39 is 0 Å². The molecule has 0 amide bonds. The SMILES string of the molecule is CC(C)ON=C(C#N)C(N)=NO. The highest BCUT2D eigenvalue weighted by Crippen LogP contribution is 1.89. The number of hydrogen-bond acceptors (Lipinski definition) is 5. The van der Waals surface area contributed by atoms with Crippen molar-refractivity contribution in [2.45, 2.75) is 20.0 Å². The van der Waals surface area contributed by atoms with Crippen LogP contribution in [0.15, 0.2) is 10.3 Å². The predicted molar refractivity (Wildman–Crippen MR) is 42.7 cm³/mol. The molecular weight excluding hydrogens is 160 g/mol. The number of nitriles is 1. The van der Waals surface area contributed by atoms with Crippen LogP contribution in [0.3, 0.4) is 0 Å². The van der Waals surface area contributed by atoms with E-state index in [1.54, 1.807) is 19.9 Å². The third kappa shape index (κ3) is 3.41. The number of nitrogens with zero attached hydrogens (tertiary/aromatic N) is 3. The van der Waals surface area contributed by atoms with E-state index >= 15 is 0 Å². The molecule has 0 radical (unpaired) electrons. The summed E-state index contributed by atoms with van der Waals surface area (Å²) in [7, 11) is 0. The molecule has 0 fully saturated rings. The summed E-state index contributed by atoms with van der Waals surface area (Å²) in [6.07, 6.45) is -0.153. The van der Waals surface area contributed by atoms with Gasteiger partial charge in [-0.1, -0.05) is 10.3 Å². The maximum atomic E-state index is 8.41. The van der Waals surface area contributed by atoms with Gasteiger partial charge in [0.2, 0.25) is 11.5 Å². The molecule has 0 rings (SSSR count). The molecule has 0 aliphatic rings. The van der Waals surface area contributed by atoms with Gasteiger partial charge in [-0.05, 0) is 13.8 Å². The van der Waals surface area contributed by atoms with E-state index in [0.29, 0.717) is 0 Å². The van der Waals surface area contributed by atoms with E-state index in [1.165, 1.54) is 0 Å². The molecule has 6 nitrogen and oxygen atoms in total. The van der Waals surface area contributed by atoms with Crippen LogP contribution in [-0.2, 0) is 4.84 Å². The Hall–Kier alpha value is -1.77. The summed E-state index contributed by atoms with van der Waals surface area (Å²) in [5.74, 6) is -0.363. The fourth-order valence-electron chi connectivity index (χ4n) is 0.330. The minimum Gasteiger partial charge on any atom is -0.409 e. The van der Waals surface area contributed by atoms with Crippen LogP contribution in [0.2, 0.25) is 0 Å². The smallest absolute Gasteiger partial charge is 0.224 e. The van der Waals surface area contributed by atoms with E-state index in [-0.39, 0.29) is 17.7 Å². The van der Waals surface area contributed by atoms with E-state index in [9.17, 15) is 0 Å². The van der Waals surface area contributed by atoms with Crippen LogP contribution in [-0.4, -0.2) is 22.9 Å². The third-order valence-corrected chi connectivity index (χ3v) is 0.811. The summed E-state index contributed by atoms with van der Waals surface area (Å²) in [6, 6.07) is 1.62. The molecule has 66 valence electrons. The van der Waals surface area contributed by atoms with Crippen molar-refractivity contribution in [2.24, 2.45) is 16.0 Å². The van der Waals surface area contributed by atoms with Crippen molar-refractivity contribution in [2.75, 3.05) is 0 Å². The highest BCUT2D eigenvalue weighted by Gasteiger charge is 2.04.